The van der Waals surface area contributed by atoms with Crippen molar-refractivity contribution in [2.45, 2.75) is 18.9 Å². The summed E-state index contributed by atoms with van der Waals surface area (Å²) < 4.78 is 0. The fourth-order valence-corrected chi connectivity index (χ4v) is 1.85. The Morgan fingerprint density at radius 3 is 2.59 bits per heavy atom. The van der Waals surface area contributed by atoms with Gasteiger partial charge in [-0.25, -0.2) is 0 Å². The summed E-state index contributed by atoms with van der Waals surface area (Å²) in [4.78, 5) is 15.8. The van der Waals surface area contributed by atoms with Crippen molar-refractivity contribution < 1.29 is 4.79 Å². The maximum absolute atomic E-state index is 11.8. The molecule has 0 aromatic heterocycles. The summed E-state index contributed by atoms with van der Waals surface area (Å²) in [5.41, 5.74) is 5.68. The van der Waals surface area contributed by atoms with E-state index in [9.17, 15) is 4.79 Å². The van der Waals surface area contributed by atoms with Gasteiger partial charge in [0.1, 0.15) is 0 Å². The normalized spacial score (nSPS) is 18.2. The lowest BCUT2D eigenvalue weighted by Gasteiger charge is -2.35. The van der Waals surface area contributed by atoms with Crippen LogP contribution in [0.3, 0.4) is 0 Å². The van der Waals surface area contributed by atoms with Crippen molar-refractivity contribution in [1.29, 1.82) is 5.26 Å². The SMILES string of the molecule is C#CCC(N)C(=O)N1CCN(CCC#N)CC1. The standard InChI is InChI=1S/C12H18N4O/c1-2-4-11(14)12(17)16-9-7-15(8-10-16)6-3-5-13/h1,11H,3-4,6-10,14H2. The number of terminal acetylenes is 1. The number of piperazine rings is 1. The highest BCUT2D eigenvalue weighted by atomic mass is 16.2. The van der Waals surface area contributed by atoms with Crippen LogP contribution >= 0.6 is 0 Å². The predicted molar refractivity (Wildman–Crippen MR) is 64.7 cm³/mol. The van der Waals surface area contributed by atoms with Crippen LogP contribution < -0.4 is 5.73 Å². The van der Waals surface area contributed by atoms with Crippen LogP contribution in [0.25, 0.3) is 0 Å². The van der Waals surface area contributed by atoms with E-state index in [2.05, 4.69) is 16.9 Å². The van der Waals surface area contributed by atoms with E-state index in [0.29, 0.717) is 19.5 Å². The molecule has 1 aliphatic heterocycles. The number of rotatable bonds is 4. The van der Waals surface area contributed by atoms with Gasteiger partial charge in [-0.05, 0) is 0 Å². The second-order valence-electron chi connectivity index (χ2n) is 4.09. The Balaban J connectivity index is 2.34. The molecule has 0 aromatic carbocycles. The summed E-state index contributed by atoms with van der Waals surface area (Å²) in [6.07, 6.45) is 5.95. The molecular weight excluding hydrogens is 216 g/mol. The predicted octanol–water partition coefficient (Wildman–Crippen LogP) is -0.605. The van der Waals surface area contributed by atoms with Crippen LogP contribution in [0.1, 0.15) is 12.8 Å². The van der Waals surface area contributed by atoms with Gasteiger partial charge in [0, 0.05) is 45.6 Å². The number of hydrogen-bond donors (Lipinski definition) is 1. The Morgan fingerprint density at radius 2 is 2.06 bits per heavy atom. The molecule has 1 unspecified atom stereocenters. The topological polar surface area (TPSA) is 73.4 Å². The second-order valence-corrected chi connectivity index (χ2v) is 4.09. The molecule has 1 heterocycles. The van der Waals surface area contributed by atoms with E-state index >= 15 is 0 Å². The average Bonchev–Trinajstić information content (AvgIpc) is 2.36. The zero-order valence-corrected chi connectivity index (χ0v) is 9.93. The zero-order chi connectivity index (χ0) is 12.7. The smallest absolute Gasteiger partial charge is 0.240 e. The van der Waals surface area contributed by atoms with Crippen molar-refractivity contribution in [3.05, 3.63) is 0 Å². The lowest BCUT2D eigenvalue weighted by Crippen LogP contribution is -2.53. The van der Waals surface area contributed by atoms with Gasteiger partial charge >= 0.3 is 0 Å². The Labute approximate surface area is 102 Å². The summed E-state index contributed by atoms with van der Waals surface area (Å²) in [7, 11) is 0. The van der Waals surface area contributed by atoms with E-state index in [0.717, 1.165) is 19.6 Å². The van der Waals surface area contributed by atoms with Gasteiger partial charge in [0.15, 0.2) is 0 Å². The Morgan fingerprint density at radius 1 is 1.41 bits per heavy atom. The summed E-state index contributed by atoms with van der Waals surface area (Å²) in [6.45, 7) is 3.71. The highest BCUT2D eigenvalue weighted by molar-refractivity contribution is 5.82. The first kappa shape index (κ1) is 13.5. The molecule has 5 heteroatoms. The molecule has 1 atom stereocenters. The first-order valence-corrected chi connectivity index (χ1v) is 5.76. The molecule has 1 saturated heterocycles. The van der Waals surface area contributed by atoms with Crippen LogP contribution in [0.2, 0.25) is 0 Å². The van der Waals surface area contributed by atoms with Crippen LogP contribution in [0, 0.1) is 23.7 Å². The van der Waals surface area contributed by atoms with Gasteiger partial charge in [-0.1, -0.05) is 0 Å². The summed E-state index contributed by atoms with van der Waals surface area (Å²) in [5.74, 6) is 2.34. The third kappa shape index (κ3) is 4.07. The summed E-state index contributed by atoms with van der Waals surface area (Å²) >= 11 is 0. The number of carbonyl (C=O) groups is 1. The summed E-state index contributed by atoms with van der Waals surface area (Å²) in [5, 5.41) is 8.49. The molecule has 2 N–H and O–H groups in total. The van der Waals surface area contributed by atoms with Gasteiger partial charge in [0.05, 0.1) is 12.1 Å². The molecule has 0 saturated carbocycles. The minimum atomic E-state index is -0.578. The molecule has 0 bridgehead atoms. The summed E-state index contributed by atoms with van der Waals surface area (Å²) in [6, 6.07) is 1.54. The van der Waals surface area contributed by atoms with E-state index in [1.54, 1.807) is 4.90 Å². The van der Waals surface area contributed by atoms with Crippen molar-refractivity contribution in [1.82, 2.24) is 9.80 Å². The van der Waals surface area contributed by atoms with Crippen LogP contribution in [-0.4, -0.2) is 54.5 Å². The van der Waals surface area contributed by atoms with Crippen LogP contribution in [-0.2, 0) is 4.79 Å². The second kappa shape index (κ2) is 6.90. The third-order valence-corrected chi connectivity index (χ3v) is 2.88. The monoisotopic (exact) mass is 234 g/mol. The molecule has 92 valence electrons. The molecule has 1 aliphatic rings. The first-order chi connectivity index (χ1) is 8.19. The molecule has 17 heavy (non-hydrogen) atoms. The first-order valence-electron chi connectivity index (χ1n) is 5.76. The number of nitrogens with two attached hydrogens (primary N) is 1. The zero-order valence-electron chi connectivity index (χ0n) is 9.93. The molecule has 0 aliphatic carbocycles. The van der Waals surface area contributed by atoms with Gasteiger partial charge < -0.3 is 10.6 Å². The van der Waals surface area contributed by atoms with E-state index in [-0.39, 0.29) is 12.3 Å². The van der Waals surface area contributed by atoms with Gasteiger partial charge in [0.2, 0.25) is 5.91 Å². The number of nitrogens with zero attached hydrogens (tertiary/aromatic N) is 3. The van der Waals surface area contributed by atoms with Crippen molar-refractivity contribution in [2.24, 2.45) is 5.73 Å². The molecule has 0 aromatic rings. The lowest BCUT2D eigenvalue weighted by atomic mass is 10.2. The molecule has 1 fully saturated rings. The fraction of sp³-hybridized carbons (Fsp3) is 0.667. The Kier molecular flexibility index (Phi) is 5.48. The minimum absolute atomic E-state index is 0.0668. The van der Waals surface area contributed by atoms with Crippen LogP contribution in [0.5, 0.6) is 0 Å². The number of nitriles is 1. The Bertz CT molecular complexity index is 333. The molecule has 0 radical (unpaired) electrons. The third-order valence-electron chi connectivity index (χ3n) is 2.88. The number of hydrogen-bond acceptors (Lipinski definition) is 4. The van der Waals surface area contributed by atoms with E-state index in [4.69, 9.17) is 17.4 Å². The van der Waals surface area contributed by atoms with Crippen molar-refractivity contribution >= 4 is 5.91 Å². The van der Waals surface area contributed by atoms with E-state index in [1.807, 2.05) is 0 Å². The molecule has 1 rings (SSSR count). The van der Waals surface area contributed by atoms with Gasteiger partial charge in [0.25, 0.3) is 0 Å². The molecular formula is C12H18N4O. The largest absolute Gasteiger partial charge is 0.339 e. The van der Waals surface area contributed by atoms with Gasteiger partial charge in [-0.15, -0.1) is 12.3 Å². The lowest BCUT2D eigenvalue weighted by molar-refractivity contribution is -0.134. The molecule has 1 amide bonds. The highest BCUT2D eigenvalue weighted by Gasteiger charge is 2.24. The minimum Gasteiger partial charge on any atom is -0.339 e. The van der Waals surface area contributed by atoms with Gasteiger partial charge in [-0.3, -0.25) is 9.69 Å². The van der Waals surface area contributed by atoms with E-state index < -0.39 is 6.04 Å². The van der Waals surface area contributed by atoms with Crippen molar-refractivity contribution in [3.63, 3.8) is 0 Å². The number of amides is 1. The maximum Gasteiger partial charge on any atom is 0.240 e. The molecule has 5 nitrogen and oxygen atoms in total. The van der Waals surface area contributed by atoms with Crippen molar-refractivity contribution in [3.8, 4) is 18.4 Å². The van der Waals surface area contributed by atoms with E-state index in [1.165, 1.54) is 0 Å². The van der Waals surface area contributed by atoms with Gasteiger partial charge in [-0.2, -0.15) is 5.26 Å². The van der Waals surface area contributed by atoms with Crippen LogP contribution in [0.15, 0.2) is 0 Å². The average molecular weight is 234 g/mol. The van der Waals surface area contributed by atoms with Crippen molar-refractivity contribution in [2.75, 3.05) is 32.7 Å². The highest BCUT2D eigenvalue weighted by Crippen LogP contribution is 2.05. The number of carbonyl (C=O) groups excluding carboxylic acids is 1. The quantitative estimate of drug-likeness (QED) is 0.659. The maximum atomic E-state index is 11.8. The fourth-order valence-electron chi connectivity index (χ4n) is 1.85. The van der Waals surface area contributed by atoms with Crippen LogP contribution in [0.4, 0.5) is 0 Å². The molecule has 0 spiro atoms. The Hall–Kier alpha value is -1.56.